The molecule has 0 spiro atoms. The van der Waals surface area contributed by atoms with Crippen molar-refractivity contribution in [2.45, 2.75) is 13.1 Å². The Balaban J connectivity index is 1.90. The van der Waals surface area contributed by atoms with Gasteiger partial charge < -0.3 is 10.4 Å². The van der Waals surface area contributed by atoms with Crippen LogP contribution in [0.25, 0.3) is 11.4 Å². The Morgan fingerprint density at radius 1 is 1.16 bits per heavy atom. The van der Waals surface area contributed by atoms with Crippen molar-refractivity contribution in [1.82, 2.24) is 14.8 Å². The Bertz CT molecular complexity index is 1040. The van der Waals surface area contributed by atoms with Crippen molar-refractivity contribution in [3.63, 3.8) is 0 Å². The van der Waals surface area contributed by atoms with Crippen LogP contribution in [0, 0.1) is 6.92 Å². The highest BCUT2D eigenvalue weighted by Gasteiger charge is 2.27. The van der Waals surface area contributed by atoms with Gasteiger partial charge in [-0.2, -0.15) is 10.1 Å². The summed E-state index contributed by atoms with van der Waals surface area (Å²) in [6.07, 6.45) is -0.389. The number of rotatable bonds is 2. The smallest absolute Gasteiger partial charge is 0.335 e. The van der Waals surface area contributed by atoms with Crippen LogP contribution in [0.3, 0.4) is 0 Å². The second kappa shape index (κ2) is 5.55. The number of hydrogen-bond donors (Lipinski definition) is 2. The van der Waals surface area contributed by atoms with Crippen molar-refractivity contribution in [3.8, 4) is 11.4 Å². The van der Waals surface area contributed by atoms with E-state index in [2.05, 4.69) is 15.4 Å². The lowest BCUT2D eigenvalue weighted by Crippen LogP contribution is -2.32. The van der Waals surface area contributed by atoms with Gasteiger partial charge in [0.25, 0.3) is 5.56 Å². The first kappa shape index (κ1) is 15.1. The second-order valence-corrected chi connectivity index (χ2v) is 5.79. The molecule has 1 aliphatic rings. The van der Waals surface area contributed by atoms with Gasteiger partial charge in [-0.25, -0.2) is 9.48 Å². The summed E-state index contributed by atoms with van der Waals surface area (Å²) in [5, 5.41) is 16.8. The minimum Gasteiger partial charge on any atom is -0.478 e. The number of nitrogens with zero attached hydrogens (tertiary/aromatic N) is 3. The number of para-hydroxylation sites is 1. The molecule has 0 fully saturated rings. The molecule has 0 radical (unpaired) electrons. The quantitative estimate of drug-likeness (QED) is 0.746. The molecule has 1 atom stereocenters. The summed E-state index contributed by atoms with van der Waals surface area (Å²) >= 11 is 0. The number of benzene rings is 2. The molecule has 0 bridgehead atoms. The molecule has 0 amide bonds. The van der Waals surface area contributed by atoms with E-state index in [1.807, 2.05) is 24.3 Å². The zero-order valence-electron chi connectivity index (χ0n) is 13.3. The number of aryl methyl sites for hydroxylation is 1. The van der Waals surface area contributed by atoms with Crippen LogP contribution in [0.4, 0.5) is 5.69 Å². The summed E-state index contributed by atoms with van der Waals surface area (Å²) in [5.41, 5.74) is 2.61. The molecule has 0 saturated carbocycles. The molecular formula is C18H14N4O3. The van der Waals surface area contributed by atoms with Crippen molar-refractivity contribution >= 4 is 11.7 Å². The molecule has 124 valence electrons. The number of aromatic nitrogens is 3. The van der Waals surface area contributed by atoms with E-state index >= 15 is 0 Å². The number of nitrogens with one attached hydrogen (secondary N) is 1. The minimum atomic E-state index is -0.979. The van der Waals surface area contributed by atoms with Gasteiger partial charge in [0.2, 0.25) is 0 Å². The minimum absolute atomic E-state index is 0.211. The molecule has 1 aliphatic heterocycles. The van der Waals surface area contributed by atoms with Gasteiger partial charge in [-0.15, -0.1) is 0 Å². The Morgan fingerprint density at radius 2 is 1.88 bits per heavy atom. The summed E-state index contributed by atoms with van der Waals surface area (Å²) < 4.78 is 1.66. The van der Waals surface area contributed by atoms with Gasteiger partial charge in [0, 0.05) is 11.3 Å². The third kappa shape index (κ3) is 2.46. The van der Waals surface area contributed by atoms with Gasteiger partial charge in [0.05, 0.1) is 5.56 Å². The largest absolute Gasteiger partial charge is 0.478 e. The van der Waals surface area contributed by atoms with E-state index in [1.165, 1.54) is 0 Å². The molecule has 0 aliphatic carbocycles. The molecule has 1 unspecified atom stereocenters. The molecule has 3 aromatic rings. The van der Waals surface area contributed by atoms with Crippen molar-refractivity contribution in [1.29, 1.82) is 0 Å². The van der Waals surface area contributed by atoms with Gasteiger partial charge in [-0.1, -0.05) is 24.3 Å². The standard InChI is InChI=1S/C18H14N4O3/c1-10-17(23)20-16-13-4-2-3-5-14(13)19-15(22(16)21-10)11-6-8-12(9-7-11)18(24)25/h2-9,15,19H,1H3,(H,24,25). The lowest BCUT2D eigenvalue weighted by molar-refractivity contribution is 0.0697. The van der Waals surface area contributed by atoms with Crippen molar-refractivity contribution in [2.75, 3.05) is 5.32 Å². The van der Waals surface area contributed by atoms with Crippen LogP contribution in [-0.4, -0.2) is 25.8 Å². The molecule has 4 rings (SSSR count). The SMILES string of the molecule is Cc1nn2c(nc1=O)-c1ccccc1NC2c1ccc(C(=O)O)cc1. The number of anilines is 1. The van der Waals surface area contributed by atoms with Crippen LogP contribution in [-0.2, 0) is 0 Å². The van der Waals surface area contributed by atoms with Gasteiger partial charge in [0.15, 0.2) is 5.82 Å². The van der Waals surface area contributed by atoms with E-state index in [4.69, 9.17) is 5.11 Å². The monoisotopic (exact) mass is 334 g/mol. The number of carboxylic acid groups (broad SMARTS) is 1. The van der Waals surface area contributed by atoms with Gasteiger partial charge >= 0.3 is 5.97 Å². The molecule has 2 heterocycles. The zero-order chi connectivity index (χ0) is 17.6. The van der Waals surface area contributed by atoms with Gasteiger partial charge in [-0.05, 0) is 36.8 Å². The van der Waals surface area contributed by atoms with E-state index in [9.17, 15) is 9.59 Å². The third-order valence-corrected chi connectivity index (χ3v) is 4.17. The average molecular weight is 334 g/mol. The number of carbonyl (C=O) groups is 1. The fourth-order valence-electron chi connectivity index (χ4n) is 2.89. The Labute approximate surface area is 142 Å². The number of fused-ring (bicyclic) bond motifs is 3. The molecule has 7 heteroatoms. The highest BCUT2D eigenvalue weighted by Crippen LogP contribution is 2.35. The van der Waals surface area contributed by atoms with Crippen molar-refractivity contribution < 1.29 is 9.90 Å². The maximum atomic E-state index is 12.0. The van der Waals surface area contributed by atoms with Crippen molar-refractivity contribution in [3.05, 3.63) is 75.7 Å². The molecule has 0 saturated heterocycles. The normalized spacial score (nSPS) is 15.0. The summed E-state index contributed by atoms with van der Waals surface area (Å²) in [6.45, 7) is 1.62. The summed E-state index contributed by atoms with van der Waals surface area (Å²) in [6, 6.07) is 14.1. The Hall–Kier alpha value is -3.48. The topological polar surface area (TPSA) is 97.1 Å². The number of aromatic carboxylic acids is 1. The van der Waals surface area contributed by atoms with Crippen molar-refractivity contribution in [2.24, 2.45) is 0 Å². The highest BCUT2D eigenvalue weighted by molar-refractivity contribution is 5.87. The lowest BCUT2D eigenvalue weighted by atomic mass is 10.0. The van der Waals surface area contributed by atoms with Crippen LogP contribution in [0.15, 0.2) is 53.3 Å². The summed E-state index contributed by atoms with van der Waals surface area (Å²) in [7, 11) is 0. The molecule has 7 nitrogen and oxygen atoms in total. The molecular weight excluding hydrogens is 320 g/mol. The number of hydrogen-bond acceptors (Lipinski definition) is 5. The van der Waals surface area contributed by atoms with E-state index < -0.39 is 5.97 Å². The van der Waals surface area contributed by atoms with Crippen LogP contribution in [0.5, 0.6) is 0 Å². The number of carboxylic acids is 1. The summed E-state index contributed by atoms with van der Waals surface area (Å²) in [4.78, 5) is 27.2. The van der Waals surface area contributed by atoms with E-state index in [1.54, 1.807) is 35.9 Å². The summed E-state index contributed by atoms with van der Waals surface area (Å²) in [5.74, 6) is -0.495. The molecule has 2 aromatic carbocycles. The predicted octanol–water partition coefficient (Wildman–Crippen LogP) is 2.28. The highest BCUT2D eigenvalue weighted by atomic mass is 16.4. The van der Waals surface area contributed by atoms with Crippen LogP contribution >= 0.6 is 0 Å². The maximum absolute atomic E-state index is 12.0. The Kier molecular flexibility index (Phi) is 3.35. The molecule has 1 aromatic heterocycles. The molecule has 25 heavy (non-hydrogen) atoms. The zero-order valence-corrected chi connectivity index (χ0v) is 13.3. The lowest BCUT2D eigenvalue weighted by Gasteiger charge is -2.30. The predicted molar refractivity (Wildman–Crippen MR) is 91.6 cm³/mol. The third-order valence-electron chi connectivity index (χ3n) is 4.17. The fourth-order valence-corrected chi connectivity index (χ4v) is 2.89. The van der Waals surface area contributed by atoms with Crippen LogP contribution in [0.2, 0.25) is 0 Å². The average Bonchev–Trinajstić information content (AvgIpc) is 2.62. The Morgan fingerprint density at radius 3 is 2.60 bits per heavy atom. The van der Waals surface area contributed by atoms with Gasteiger partial charge in [0.1, 0.15) is 11.9 Å². The first-order valence-corrected chi connectivity index (χ1v) is 7.71. The first-order valence-electron chi connectivity index (χ1n) is 7.71. The van der Waals surface area contributed by atoms with Gasteiger partial charge in [-0.3, -0.25) is 4.79 Å². The second-order valence-electron chi connectivity index (χ2n) is 5.79. The van der Waals surface area contributed by atoms with Crippen LogP contribution in [0.1, 0.15) is 27.8 Å². The van der Waals surface area contributed by atoms with Crippen LogP contribution < -0.4 is 10.9 Å². The fraction of sp³-hybridized carbons (Fsp3) is 0.111. The van der Waals surface area contributed by atoms with E-state index in [0.717, 1.165) is 16.8 Å². The molecule has 2 N–H and O–H groups in total. The van der Waals surface area contributed by atoms with E-state index in [-0.39, 0.29) is 17.3 Å². The maximum Gasteiger partial charge on any atom is 0.335 e. The van der Waals surface area contributed by atoms with E-state index in [0.29, 0.717) is 11.5 Å². The first-order chi connectivity index (χ1) is 12.0.